The van der Waals surface area contributed by atoms with Crippen LogP contribution in [-0.2, 0) is 0 Å². The lowest BCUT2D eigenvalue weighted by atomic mass is 9.98. The first-order valence-electron chi connectivity index (χ1n) is 5.52. The van der Waals surface area contributed by atoms with E-state index in [4.69, 9.17) is 17.3 Å². The van der Waals surface area contributed by atoms with Gasteiger partial charge in [0.05, 0.1) is 0 Å². The first kappa shape index (κ1) is 15.8. The fraction of sp³-hybridized carbons (Fsp3) is 0.538. The monoisotopic (exact) mass is 261 g/mol. The Kier molecular flexibility index (Phi) is 7.05. The number of aryl methyl sites for hydroxylation is 1. The molecule has 0 spiro atoms. The van der Waals surface area contributed by atoms with Crippen LogP contribution in [0, 0.1) is 12.8 Å². The van der Waals surface area contributed by atoms with Gasteiger partial charge in [-0.1, -0.05) is 37.6 Å². The van der Waals surface area contributed by atoms with Crippen molar-refractivity contribution >= 4 is 24.0 Å². The molecule has 2 N–H and O–H groups in total. The van der Waals surface area contributed by atoms with Crippen molar-refractivity contribution in [1.82, 2.24) is 0 Å². The second kappa shape index (κ2) is 7.16. The second-order valence-electron chi connectivity index (χ2n) is 4.59. The smallest absolute Gasteiger partial charge is 0.0438 e. The molecule has 0 aliphatic rings. The maximum atomic E-state index is 6.10. The van der Waals surface area contributed by atoms with Gasteiger partial charge in [-0.05, 0) is 42.9 Å². The maximum absolute atomic E-state index is 6.10. The zero-order chi connectivity index (χ0) is 11.4. The molecule has 16 heavy (non-hydrogen) atoms. The minimum Gasteiger partial charge on any atom is -0.324 e. The van der Waals surface area contributed by atoms with E-state index in [0.29, 0.717) is 5.92 Å². The van der Waals surface area contributed by atoms with Gasteiger partial charge in [-0.25, -0.2) is 0 Å². The van der Waals surface area contributed by atoms with Gasteiger partial charge in [0.15, 0.2) is 0 Å². The first-order valence-corrected chi connectivity index (χ1v) is 5.90. The molecule has 0 heterocycles. The Morgan fingerprint density at radius 2 is 1.88 bits per heavy atom. The Morgan fingerprint density at radius 3 is 2.38 bits per heavy atom. The molecule has 0 aliphatic carbocycles. The molecular formula is C13H21Cl2N. The number of nitrogens with two attached hydrogens (primary N) is 1. The summed E-state index contributed by atoms with van der Waals surface area (Å²) in [6.45, 7) is 6.44. The summed E-state index contributed by atoms with van der Waals surface area (Å²) in [6, 6.07) is 6.21. The third-order valence-corrected chi connectivity index (χ3v) is 3.09. The Hall–Kier alpha value is -0.240. The van der Waals surface area contributed by atoms with E-state index >= 15 is 0 Å². The molecule has 1 atom stereocenters. The van der Waals surface area contributed by atoms with E-state index in [-0.39, 0.29) is 18.4 Å². The summed E-state index contributed by atoms with van der Waals surface area (Å²) in [5.74, 6) is 0.706. The molecule has 92 valence electrons. The van der Waals surface area contributed by atoms with Crippen LogP contribution in [0.5, 0.6) is 0 Å². The predicted molar refractivity (Wildman–Crippen MR) is 74.4 cm³/mol. The highest BCUT2D eigenvalue weighted by molar-refractivity contribution is 6.31. The maximum Gasteiger partial charge on any atom is 0.0438 e. The molecule has 0 aromatic heterocycles. The Morgan fingerprint density at radius 1 is 1.25 bits per heavy atom. The Labute approximate surface area is 110 Å². The average Bonchev–Trinajstić information content (AvgIpc) is 2.18. The van der Waals surface area contributed by atoms with Crippen LogP contribution in [0.1, 0.15) is 43.9 Å². The summed E-state index contributed by atoms with van der Waals surface area (Å²) in [7, 11) is 0. The van der Waals surface area contributed by atoms with E-state index in [1.54, 1.807) is 0 Å². The molecular weight excluding hydrogens is 241 g/mol. The molecule has 1 aromatic carbocycles. The standard InChI is InChI=1S/C13H20ClN.ClH/c1-9(2)4-7-13(15)11-6-5-10(3)12(14)8-11;/h5-6,8-9,13H,4,7,15H2,1-3H3;1H/t13-;/m1./s1. The van der Waals surface area contributed by atoms with Crippen LogP contribution in [0.15, 0.2) is 18.2 Å². The predicted octanol–water partition coefficient (Wildman–Crippen LogP) is 4.51. The fourth-order valence-corrected chi connectivity index (χ4v) is 1.71. The highest BCUT2D eigenvalue weighted by Crippen LogP contribution is 2.23. The fourth-order valence-electron chi connectivity index (χ4n) is 1.52. The lowest BCUT2D eigenvalue weighted by molar-refractivity contribution is 0.507. The van der Waals surface area contributed by atoms with Crippen molar-refractivity contribution < 1.29 is 0 Å². The molecule has 1 nitrogen and oxygen atoms in total. The van der Waals surface area contributed by atoms with E-state index in [9.17, 15) is 0 Å². The van der Waals surface area contributed by atoms with Gasteiger partial charge < -0.3 is 5.73 Å². The van der Waals surface area contributed by atoms with Gasteiger partial charge >= 0.3 is 0 Å². The van der Waals surface area contributed by atoms with E-state index in [1.807, 2.05) is 19.1 Å². The van der Waals surface area contributed by atoms with Crippen LogP contribution in [0.2, 0.25) is 5.02 Å². The average molecular weight is 262 g/mol. The summed E-state index contributed by atoms with van der Waals surface area (Å²) < 4.78 is 0. The minimum atomic E-state index is 0. The first-order chi connectivity index (χ1) is 7.00. The number of halogens is 2. The van der Waals surface area contributed by atoms with Crippen molar-refractivity contribution in [3.8, 4) is 0 Å². The highest BCUT2D eigenvalue weighted by Gasteiger charge is 2.08. The lowest BCUT2D eigenvalue weighted by Gasteiger charge is -2.14. The summed E-state index contributed by atoms with van der Waals surface area (Å²) in [5, 5.41) is 0.812. The summed E-state index contributed by atoms with van der Waals surface area (Å²) >= 11 is 6.07. The molecule has 1 aromatic rings. The molecule has 0 aliphatic heterocycles. The Balaban J connectivity index is 0.00000225. The molecule has 0 bridgehead atoms. The molecule has 0 radical (unpaired) electrons. The Bertz CT molecular complexity index is 324. The van der Waals surface area contributed by atoms with Crippen molar-refractivity contribution in [2.24, 2.45) is 11.7 Å². The van der Waals surface area contributed by atoms with Gasteiger partial charge in [0, 0.05) is 11.1 Å². The summed E-state index contributed by atoms with van der Waals surface area (Å²) in [6.07, 6.45) is 2.18. The van der Waals surface area contributed by atoms with Crippen LogP contribution in [0.3, 0.4) is 0 Å². The van der Waals surface area contributed by atoms with Crippen LogP contribution in [-0.4, -0.2) is 0 Å². The second-order valence-corrected chi connectivity index (χ2v) is 4.99. The zero-order valence-corrected chi connectivity index (χ0v) is 11.7. The SMILES string of the molecule is Cc1ccc([C@H](N)CCC(C)C)cc1Cl.Cl. The van der Waals surface area contributed by atoms with Crippen LogP contribution < -0.4 is 5.73 Å². The van der Waals surface area contributed by atoms with E-state index < -0.39 is 0 Å². The lowest BCUT2D eigenvalue weighted by Crippen LogP contribution is -2.11. The minimum absolute atomic E-state index is 0. The van der Waals surface area contributed by atoms with Crippen LogP contribution in [0.25, 0.3) is 0 Å². The van der Waals surface area contributed by atoms with E-state index in [1.165, 1.54) is 0 Å². The van der Waals surface area contributed by atoms with Crippen molar-refractivity contribution in [3.63, 3.8) is 0 Å². The number of hydrogen-bond donors (Lipinski definition) is 1. The van der Waals surface area contributed by atoms with Crippen molar-refractivity contribution in [2.45, 2.75) is 39.7 Å². The molecule has 0 saturated heterocycles. The molecule has 0 saturated carbocycles. The van der Waals surface area contributed by atoms with Gasteiger partial charge in [-0.3, -0.25) is 0 Å². The molecule has 0 amide bonds. The normalized spacial score (nSPS) is 12.4. The van der Waals surface area contributed by atoms with Gasteiger partial charge in [0.2, 0.25) is 0 Å². The van der Waals surface area contributed by atoms with E-state index in [0.717, 1.165) is 29.0 Å². The highest BCUT2D eigenvalue weighted by atomic mass is 35.5. The van der Waals surface area contributed by atoms with Crippen LogP contribution in [0.4, 0.5) is 0 Å². The van der Waals surface area contributed by atoms with Crippen molar-refractivity contribution in [2.75, 3.05) is 0 Å². The third-order valence-electron chi connectivity index (χ3n) is 2.68. The summed E-state index contributed by atoms with van der Waals surface area (Å²) in [4.78, 5) is 0. The molecule has 0 fully saturated rings. The zero-order valence-electron chi connectivity index (χ0n) is 10.2. The molecule has 1 rings (SSSR count). The number of rotatable bonds is 4. The van der Waals surface area contributed by atoms with Gasteiger partial charge in [-0.15, -0.1) is 12.4 Å². The number of hydrogen-bond acceptors (Lipinski definition) is 1. The molecule has 0 unspecified atom stereocenters. The molecule has 3 heteroatoms. The van der Waals surface area contributed by atoms with Crippen molar-refractivity contribution in [1.29, 1.82) is 0 Å². The van der Waals surface area contributed by atoms with E-state index in [2.05, 4.69) is 19.9 Å². The van der Waals surface area contributed by atoms with Gasteiger partial charge in [0.25, 0.3) is 0 Å². The summed E-state index contributed by atoms with van der Waals surface area (Å²) in [5.41, 5.74) is 8.36. The third kappa shape index (κ3) is 4.73. The number of benzene rings is 1. The largest absolute Gasteiger partial charge is 0.324 e. The van der Waals surface area contributed by atoms with Gasteiger partial charge in [0.1, 0.15) is 0 Å². The topological polar surface area (TPSA) is 26.0 Å². The quantitative estimate of drug-likeness (QED) is 0.849. The van der Waals surface area contributed by atoms with Crippen molar-refractivity contribution in [3.05, 3.63) is 34.3 Å². The van der Waals surface area contributed by atoms with Gasteiger partial charge in [-0.2, -0.15) is 0 Å². The van der Waals surface area contributed by atoms with Crippen LogP contribution >= 0.6 is 24.0 Å².